The average Bonchev–Trinajstić information content (AvgIpc) is 2.80. The van der Waals surface area contributed by atoms with Crippen LogP contribution >= 0.6 is 0 Å². The van der Waals surface area contributed by atoms with Crippen LogP contribution in [0.25, 0.3) is 4.13 Å². The molecule has 0 aromatic carbocycles. The summed E-state index contributed by atoms with van der Waals surface area (Å²) in [6.07, 6.45) is 11.2. The van der Waals surface area contributed by atoms with Gasteiger partial charge in [0.1, 0.15) is 0 Å². The summed E-state index contributed by atoms with van der Waals surface area (Å²) >= 11 is 0. The number of isocyanates is 1. The van der Waals surface area contributed by atoms with E-state index in [1.807, 2.05) is 17.0 Å². The Hall–Kier alpha value is -2.76. The highest BCUT2D eigenvalue weighted by Crippen LogP contribution is 2.36. The number of carbonyl (C=O) groups excluding carboxylic acids is 2. The molecule has 0 spiro atoms. The normalized spacial score (nSPS) is 12.1. The number of aromatic nitrogens is 1. The first-order chi connectivity index (χ1) is 18.0. The molecule has 1 aromatic heterocycles. The summed E-state index contributed by atoms with van der Waals surface area (Å²) in [6.45, 7) is 4.31. The molecule has 0 aliphatic carbocycles. The third-order valence-corrected chi connectivity index (χ3v) is 7.13. The van der Waals surface area contributed by atoms with Crippen molar-refractivity contribution in [2.24, 2.45) is 4.99 Å². The monoisotopic (exact) mass is 614 g/mol. The number of aryl methyl sites for hydroxylation is 1. The smallest absolute Gasteiger partial charge is 0.443 e. The van der Waals surface area contributed by atoms with Crippen LogP contribution in [0.4, 0.5) is 31.1 Å². The zero-order valence-corrected chi connectivity index (χ0v) is 22.3. The number of unbranched alkanes of at least 4 members (excludes halogenated alkanes) is 3. The number of hydrogen-bond acceptors (Lipinski definition) is 8. The van der Waals surface area contributed by atoms with Crippen molar-refractivity contribution in [2.75, 3.05) is 19.7 Å². The van der Waals surface area contributed by atoms with E-state index in [0.29, 0.717) is 26.2 Å². The van der Waals surface area contributed by atoms with Gasteiger partial charge in [-0.1, -0.05) is 26.2 Å². The van der Waals surface area contributed by atoms with Crippen LogP contribution in [0.15, 0.2) is 29.5 Å². The molecule has 1 N–H and O–H groups in total. The standard InChI is InChI=1S/C18H27N3O3.C2F6NO4S2/c1-2-7-17-8-12-21(13-9-17)14-15-24-18(23)20-11-6-4-3-5-10-19-16-22;3-1(4,5)14(10,11)9-15(12,13)2(6,7)8/h8-9,12-13H,2-7,10-11,14-15H2,1H3;/q;-1/p+1. The van der Waals surface area contributed by atoms with Crippen molar-refractivity contribution in [3.05, 3.63) is 34.2 Å². The van der Waals surface area contributed by atoms with Gasteiger partial charge in [0.2, 0.25) is 6.08 Å². The third kappa shape index (κ3) is 15.4. The lowest BCUT2D eigenvalue weighted by Crippen LogP contribution is -2.37. The topological polar surface area (TPSA) is 154 Å². The number of nitrogens with one attached hydrogen (secondary N) is 1. The van der Waals surface area contributed by atoms with Gasteiger partial charge >= 0.3 is 17.1 Å². The van der Waals surface area contributed by atoms with E-state index < -0.39 is 31.1 Å². The Labute approximate surface area is 221 Å². The second-order valence-corrected chi connectivity index (χ2v) is 11.0. The van der Waals surface area contributed by atoms with Gasteiger partial charge in [-0.05, 0) is 24.8 Å². The number of amides is 1. The molecule has 1 heterocycles. The van der Waals surface area contributed by atoms with E-state index in [4.69, 9.17) is 4.74 Å². The largest absolute Gasteiger partial charge is 0.480 e. The fourth-order valence-electron chi connectivity index (χ4n) is 2.51. The van der Waals surface area contributed by atoms with Gasteiger partial charge < -0.3 is 14.2 Å². The van der Waals surface area contributed by atoms with Crippen LogP contribution in [-0.2, 0) is 42.5 Å². The van der Waals surface area contributed by atoms with E-state index in [1.54, 1.807) is 0 Å². The fraction of sp³-hybridized carbons (Fsp3) is 0.650. The van der Waals surface area contributed by atoms with Crippen LogP contribution in [0.1, 0.15) is 44.6 Å². The minimum Gasteiger partial charge on any atom is -0.443 e. The van der Waals surface area contributed by atoms with Crippen LogP contribution < -0.4 is 9.88 Å². The Bertz CT molecular complexity index is 1090. The molecule has 39 heavy (non-hydrogen) atoms. The summed E-state index contributed by atoms with van der Waals surface area (Å²) < 4.78 is 116. The van der Waals surface area contributed by atoms with Crippen LogP contribution in [0, 0.1) is 0 Å². The van der Waals surface area contributed by atoms with Crippen molar-refractivity contribution in [1.82, 2.24) is 5.32 Å². The first kappa shape index (κ1) is 36.2. The Morgan fingerprint density at radius 3 is 2.03 bits per heavy atom. The number of sulfonamides is 2. The molecule has 0 aliphatic heterocycles. The molecular formula is C20H28F6N4O7S2. The first-order valence-electron chi connectivity index (χ1n) is 11.3. The van der Waals surface area contributed by atoms with Crippen molar-refractivity contribution >= 4 is 32.2 Å². The van der Waals surface area contributed by atoms with E-state index in [9.17, 15) is 52.8 Å². The van der Waals surface area contributed by atoms with E-state index in [1.165, 1.54) is 11.6 Å². The maximum atomic E-state index is 11.5. The molecule has 0 saturated heterocycles. The highest BCUT2D eigenvalue weighted by molar-refractivity contribution is 8.13. The lowest BCUT2D eigenvalue weighted by atomic mass is 10.2. The Morgan fingerprint density at radius 1 is 1.00 bits per heavy atom. The van der Waals surface area contributed by atoms with E-state index in [2.05, 4.69) is 29.4 Å². The summed E-state index contributed by atoms with van der Waals surface area (Å²) in [5, 5.41) is 2.74. The van der Waals surface area contributed by atoms with E-state index >= 15 is 0 Å². The molecule has 0 aliphatic rings. The number of pyridine rings is 1. The van der Waals surface area contributed by atoms with Gasteiger partial charge in [-0.15, -0.1) is 0 Å². The number of ether oxygens (including phenoxy) is 1. The Balaban J connectivity index is 0.000000830. The molecule has 1 rings (SSSR count). The third-order valence-electron chi connectivity index (χ3n) is 4.39. The molecule has 0 fully saturated rings. The van der Waals surface area contributed by atoms with Gasteiger partial charge in [0, 0.05) is 18.7 Å². The van der Waals surface area contributed by atoms with Crippen molar-refractivity contribution in [3.63, 3.8) is 0 Å². The summed E-state index contributed by atoms with van der Waals surface area (Å²) in [5.41, 5.74) is -11.1. The van der Waals surface area contributed by atoms with Gasteiger partial charge in [-0.2, -0.15) is 26.3 Å². The number of nitrogens with zero attached hydrogens (tertiary/aromatic N) is 3. The molecule has 0 saturated carbocycles. The number of halogens is 6. The summed E-state index contributed by atoms with van der Waals surface area (Å²) in [4.78, 5) is 24.9. The molecule has 19 heteroatoms. The Kier molecular flexibility index (Phi) is 15.8. The predicted molar refractivity (Wildman–Crippen MR) is 125 cm³/mol. The molecule has 224 valence electrons. The highest BCUT2D eigenvalue weighted by atomic mass is 32.3. The number of hydrogen-bond donors (Lipinski definition) is 1. The molecule has 1 aromatic rings. The van der Waals surface area contributed by atoms with Crippen molar-refractivity contribution in [2.45, 2.75) is 63.0 Å². The zero-order chi connectivity index (χ0) is 30.2. The lowest BCUT2D eigenvalue weighted by Gasteiger charge is -2.22. The van der Waals surface area contributed by atoms with Crippen LogP contribution in [0.5, 0.6) is 0 Å². The van der Waals surface area contributed by atoms with Gasteiger partial charge in [-0.3, -0.25) is 0 Å². The summed E-state index contributed by atoms with van der Waals surface area (Å²) in [7, 11) is -13.4. The SMILES string of the molecule is CCCc1cc[n+](CCOC(=O)NCCCCCCN=C=O)cc1.O=S(=O)([N-]S(=O)(=O)C(F)(F)F)C(F)(F)F. The molecule has 11 nitrogen and oxygen atoms in total. The maximum Gasteiger partial charge on any atom is 0.480 e. The van der Waals surface area contributed by atoms with Crippen molar-refractivity contribution < 1.29 is 62.1 Å². The quantitative estimate of drug-likeness (QED) is 0.110. The molecular weight excluding hydrogens is 586 g/mol. The van der Waals surface area contributed by atoms with E-state index in [-0.39, 0.29) is 6.09 Å². The van der Waals surface area contributed by atoms with Crippen LogP contribution in [-0.4, -0.2) is 59.7 Å². The molecule has 0 atom stereocenters. The Morgan fingerprint density at radius 2 is 1.54 bits per heavy atom. The van der Waals surface area contributed by atoms with Gasteiger partial charge in [-0.25, -0.2) is 36.0 Å². The zero-order valence-electron chi connectivity index (χ0n) is 20.7. The number of carbonyl (C=O) groups is 1. The van der Waals surface area contributed by atoms with Crippen LogP contribution in [0.3, 0.4) is 0 Å². The summed E-state index contributed by atoms with van der Waals surface area (Å²) in [6, 6.07) is 4.20. The minimum absolute atomic E-state index is 0.354. The average molecular weight is 615 g/mol. The van der Waals surface area contributed by atoms with Gasteiger partial charge in [0.15, 0.2) is 45.6 Å². The highest BCUT2D eigenvalue weighted by Gasteiger charge is 2.46. The second-order valence-electron chi connectivity index (χ2n) is 7.56. The fourth-order valence-corrected chi connectivity index (χ4v) is 4.22. The number of alkyl carbamates (subject to hydrolysis) is 1. The van der Waals surface area contributed by atoms with Gasteiger partial charge in [0.25, 0.3) is 0 Å². The van der Waals surface area contributed by atoms with E-state index in [0.717, 1.165) is 42.7 Å². The molecule has 0 radical (unpaired) electrons. The second kappa shape index (κ2) is 17.0. The number of alkyl halides is 6. The number of aliphatic imine (C=N–C) groups is 1. The predicted octanol–water partition coefficient (Wildman–Crippen LogP) is 3.61. The van der Waals surface area contributed by atoms with Gasteiger partial charge in [0.05, 0.1) is 6.54 Å². The lowest BCUT2D eigenvalue weighted by molar-refractivity contribution is -0.697. The minimum atomic E-state index is -6.72. The molecule has 0 unspecified atom stereocenters. The molecule has 0 bridgehead atoms. The van der Waals surface area contributed by atoms with Crippen LogP contribution in [0.2, 0.25) is 0 Å². The number of rotatable bonds is 14. The maximum absolute atomic E-state index is 11.5. The molecule has 1 amide bonds. The first-order valence-corrected chi connectivity index (χ1v) is 14.1. The van der Waals surface area contributed by atoms with Crippen molar-refractivity contribution in [1.29, 1.82) is 0 Å². The van der Waals surface area contributed by atoms with Crippen molar-refractivity contribution in [3.8, 4) is 0 Å². The summed E-state index contributed by atoms with van der Waals surface area (Å²) in [5.74, 6) is 0.